The van der Waals surface area contributed by atoms with Gasteiger partial charge in [-0.15, -0.1) is 0 Å². The number of carbonyl (C=O) groups is 2. The maximum Gasteiger partial charge on any atom is 0.266 e. The summed E-state index contributed by atoms with van der Waals surface area (Å²) in [7, 11) is 0. The van der Waals surface area contributed by atoms with Crippen molar-refractivity contribution in [2.75, 3.05) is 9.96 Å². The predicted octanol–water partition coefficient (Wildman–Crippen LogP) is 3.86. The Morgan fingerprint density at radius 3 is 2.37 bits per heavy atom. The minimum atomic E-state index is -0.751. The van der Waals surface area contributed by atoms with Crippen LogP contribution in [0.25, 0.3) is 0 Å². The fraction of sp³-hybridized carbons (Fsp3) is 0.364. The lowest BCUT2D eigenvalue weighted by atomic mass is 9.92. The van der Waals surface area contributed by atoms with Crippen molar-refractivity contribution in [2.24, 2.45) is 5.92 Å². The van der Waals surface area contributed by atoms with E-state index in [4.69, 9.17) is 4.84 Å². The molecule has 0 unspecified atom stereocenters. The molecule has 4 rings (SSSR count). The molecule has 2 saturated heterocycles. The van der Waals surface area contributed by atoms with E-state index in [1.165, 1.54) is 4.90 Å². The molecule has 0 saturated carbocycles. The van der Waals surface area contributed by atoms with Gasteiger partial charge in [0.05, 0.1) is 23.3 Å². The number of para-hydroxylation sites is 2. The number of benzene rings is 2. The summed E-state index contributed by atoms with van der Waals surface area (Å²) in [6.45, 7) is 4.04. The molecule has 2 aromatic carbocycles. The molecule has 5 heteroatoms. The molecule has 2 aliphatic heterocycles. The van der Waals surface area contributed by atoms with Gasteiger partial charge in [-0.05, 0) is 37.1 Å². The summed E-state index contributed by atoms with van der Waals surface area (Å²) in [5.41, 5.74) is 2.45. The van der Waals surface area contributed by atoms with E-state index in [1.54, 1.807) is 5.06 Å². The SMILES string of the molecule is CCCC[C@H]1[C@@H]2C(=O)N(c3ccccc3C)C(=O)[C@@H]2ON1c1ccccc1. The molecule has 2 amide bonds. The maximum atomic E-state index is 13.3. The van der Waals surface area contributed by atoms with E-state index >= 15 is 0 Å². The summed E-state index contributed by atoms with van der Waals surface area (Å²) in [5, 5.41) is 1.79. The van der Waals surface area contributed by atoms with Crippen molar-refractivity contribution in [1.82, 2.24) is 0 Å². The van der Waals surface area contributed by atoms with E-state index in [-0.39, 0.29) is 17.9 Å². The maximum absolute atomic E-state index is 13.3. The first-order chi connectivity index (χ1) is 13.1. The van der Waals surface area contributed by atoms with E-state index in [1.807, 2.05) is 61.5 Å². The van der Waals surface area contributed by atoms with Gasteiger partial charge < -0.3 is 0 Å². The summed E-state index contributed by atoms with van der Waals surface area (Å²) in [6, 6.07) is 17.1. The van der Waals surface area contributed by atoms with Gasteiger partial charge in [-0.2, -0.15) is 0 Å². The smallest absolute Gasteiger partial charge is 0.266 e. The molecule has 0 N–H and O–H groups in total. The van der Waals surface area contributed by atoms with Crippen LogP contribution < -0.4 is 9.96 Å². The minimum absolute atomic E-state index is 0.136. The first kappa shape index (κ1) is 17.7. The molecule has 2 fully saturated rings. The van der Waals surface area contributed by atoms with Crippen LogP contribution in [0.3, 0.4) is 0 Å². The van der Waals surface area contributed by atoms with Gasteiger partial charge in [0.15, 0.2) is 6.10 Å². The Morgan fingerprint density at radius 2 is 1.67 bits per heavy atom. The van der Waals surface area contributed by atoms with Crippen LogP contribution in [0.15, 0.2) is 54.6 Å². The van der Waals surface area contributed by atoms with E-state index in [9.17, 15) is 9.59 Å². The average Bonchev–Trinajstić information content (AvgIpc) is 3.18. The summed E-state index contributed by atoms with van der Waals surface area (Å²) in [6.07, 6.45) is 2.07. The number of anilines is 2. The second-order valence-corrected chi connectivity index (χ2v) is 7.22. The Balaban J connectivity index is 1.69. The van der Waals surface area contributed by atoms with Crippen molar-refractivity contribution in [3.63, 3.8) is 0 Å². The lowest BCUT2D eigenvalue weighted by Gasteiger charge is -2.28. The molecule has 3 atom stereocenters. The van der Waals surface area contributed by atoms with Gasteiger partial charge >= 0.3 is 0 Å². The van der Waals surface area contributed by atoms with E-state index in [2.05, 4.69) is 6.92 Å². The van der Waals surface area contributed by atoms with Gasteiger partial charge in [-0.1, -0.05) is 56.2 Å². The summed E-state index contributed by atoms with van der Waals surface area (Å²) in [5.74, 6) is -0.887. The number of aryl methyl sites for hydroxylation is 1. The standard InChI is InChI=1S/C22H24N2O3/c1-3-4-13-18-19-20(27-24(18)16-11-6-5-7-12-16)22(26)23(21(19)25)17-14-9-8-10-15(17)2/h5-12,14,18-20H,3-4,13H2,1-2H3/t18-,19-,20+/m0/s1. The first-order valence-electron chi connectivity index (χ1n) is 9.58. The number of hydroxylamine groups is 1. The highest BCUT2D eigenvalue weighted by Crippen LogP contribution is 2.42. The lowest BCUT2D eigenvalue weighted by Crippen LogP contribution is -2.40. The minimum Gasteiger partial charge on any atom is -0.273 e. The number of amides is 2. The summed E-state index contributed by atoms with van der Waals surface area (Å²) in [4.78, 5) is 33.8. The topological polar surface area (TPSA) is 49.9 Å². The zero-order valence-electron chi connectivity index (χ0n) is 15.7. The van der Waals surface area contributed by atoms with Gasteiger partial charge in [0.1, 0.15) is 0 Å². The largest absolute Gasteiger partial charge is 0.273 e. The van der Waals surface area contributed by atoms with Crippen LogP contribution in [-0.2, 0) is 14.4 Å². The molecule has 0 radical (unpaired) electrons. The normalized spacial score (nSPS) is 24.6. The number of hydrogen-bond donors (Lipinski definition) is 0. The van der Waals surface area contributed by atoms with Gasteiger partial charge in [0, 0.05) is 0 Å². The molecule has 0 bridgehead atoms. The number of fused-ring (bicyclic) bond motifs is 1. The third-order valence-electron chi connectivity index (χ3n) is 5.46. The quantitative estimate of drug-likeness (QED) is 0.756. The Kier molecular flexibility index (Phi) is 4.70. The van der Waals surface area contributed by atoms with Gasteiger partial charge in [-0.25, -0.2) is 9.96 Å². The van der Waals surface area contributed by atoms with E-state index in [0.29, 0.717) is 5.69 Å². The average molecular weight is 364 g/mol. The van der Waals surface area contributed by atoms with Crippen molar-refractivity contribution in [3.8, 4) is 0 Å². The second-order valence-electron chi connectivity index (χ2n) is 7.22. The fourth-order valence-electron chi connectivity index (χ4n) is 4.08. The second kappa shape index (κ2) is 7.16. The van der Waals surface area contributed by atoms with Gasteiger partial charge in [0.2, 0.25) is 5.91 Å². The molecule has 0 aromatic heterocycles. The molecule has 2 heterocycles. The van der Waals surface area contributed by atoms with Crippen molar-refractivity contribution in [1.29, 1.82) is 0 Å². The summed E-state index contributed by atoms with van der Waals surface area (Å²) < 4.78 is 0. The van der Waals surface area contributed by atoms with Gasteiger partial charge in [-0.3, -0.25) is 14.4 Å². The number of unbranched alkanes of at least 4 members (excludes halogenated alkanes) is 1. The van der Waals surface area contributed by atoms with Crippen LogP contribution in [-0.4, -0.2) is 24.0 Å². The Morgan fingerprint density at radius 1 is 0.963 bits per heavy atom. The Hall–Kier alpha value is -2.66. The van der Waals surface area contributed by atoms with Crippen LogP contribution in [0.4, 0.5) is 11.4 Å². The molecule has 2 aromatic rings. The van der Waals surface area contributed by atoms with Crippen LogP contribution in [0.2, 0.25) is 0 Å². The molecule has 27 heavy (non-hydrogen) atoms. The zero-order valence-corrected chi connectivity index (χ0v) is 15.7. The highest BCUT2D eigenvalue weighted by atomic mass is 16.7. The predicted molar refractivity (Wildman–Crippen MR) is 104 cm³/mol. The van der Waals surface area contributed by atoms with Crippen molar-refractivity contribution < 1.29 is 14.4 Å². The van der Waals surface area contributed by atoms with E-state index < -0.39 is 12.0 Å². The molecule has 2 aliphatic rings. The van der Waals surface area contributed by atoms with Crippen LogP contribution in [0.5, 0.6) is 0 Å². The molecule has 5 nitrogen and oxygen atoms in total. The number of nitrogens with zero attached hydrogens (tertiary/aromatic N) is 2. The number of rotatable bonds is 5. The van der Waals surface area contributed by atoms with Crippen molar-refractivity contribution in [2.45, 2.75) is 45.3 Å². The molecule has 0 spiro atoms. The monoisotopic (exact) mass is 364 g/mol. The fourth-order valence-corrected chi connectivity index (χ4v) is 4.08. The number of imide groups is 1. The Labute approximate surface area is 159 Å². The van der Waals surface area contributed by atoms with Gasteiger partial charge in [0.25, 0.3) is 5.91 Å². The van der Waals surface area contributed by atoms with Crippen molar-refractivity contribution >= 4 is 23.2 Å². The molecular weight excluding hydrogens is 340 g/mol. The lowest BCUT2D eigenvalue weighted by molar-refractivity contribution is -0.126. The highest BCUT2D eigenvalue weighted by Gasteiger charge is 2.59. The van der Waals surface area contributed by atoms with Crippen molar-refractivity contribution in [3.05, 3.63) is 60.2 Å². The van der Waals surface area contributed by atoms with E-state index in [0.717, 1.165) is 30.5 Å². The molecule has 140 valence electrons. The number of hydrogen-bond acceptors (Lipinski definition) is 4. The summed E-state index contributed by atoms with van der Waals surface area (Å²) >= 11 is 0. The zero-order chi connectivity index (χ0) is 19.0. The third-order valence-corrected chi connectivity index (χ3v) is 5.46. The van der Waals surface area contributed by atoms with Crippen LogP contribution >= 0.6 is 0 Å². The first-order valence-corrected chi connectivity index (χ1v) is 9.58. The van der Waals surface area contributed by atoms with Crippen LogP contribution in [0.1, 0.15) is 31.7 Å². The Bertz CT molecular complexity index is 852. The highest BCUT2D eigenvalue weighted by molar-refractivity contribution is 6.24. The third kappa shape index (κ3) is 2.92. The van der Waals surface area contributed by atoms with Crippen LogP contribution in [0, 0.1) is 12.8 Å². The number of carbonyl (C=O) groups excluding carboxylic acids is 2. The molecule has 0 aliphatic carbocycles. The molecular formula is C22H24N2O3.